The van der Waals surface area contributed by atoms with Gasteiger partial charge in [0.05, 0.1) is 6.54 Å². The van der Waals surface area contributed by atoms with E-state index in [1.165, 1.54) is 11.1 Å². The molecular weight excluding hydrogens is 262 g/mol. The number of furan rings is 1. The summed E-state index contributed by atoms with van der Waals surface area (Å²) >= 11 is 0. The minimum Gasteiger partial charge on any atom is -0.489 e. The lowest BCUT2D eigenvalue weighted by Crippen LogP contribution is -2.02. The highest BCUT2D eigenvalue weighted by molar-refractivity contribution is 5.82. The molecule has 0 radical (unpaired) electrons. The van der Waals surface area contributed by atoms with Crippen molar-refractivity contribution in [2.45, 2.75) is 27.0 Å². The maximum Gasteiger partial charge on any atom is 0.134 e. The Balaban J connectivity index is 1.90. The SMILES string of the molecule is Cc1cc(C)cc(OCc2c(CN)oc3ccccc23)c1. The molecule has 3 rings (SSSR count). The Kier molecular flexibility index (Phi) is 3.67. The highest BCUT2D eigenvalue weighted by Crippen LogP contribution is 2.27. The molecule has 3 heteroatoms. The molecule has 0 bridgehead atoms. The van der Waals surface area contributed by atoms with E-state index in [4.69, 9.17) is 14.9 Å². The second-order valence-electron chi connectivity index (χ2n) is 5.32. The monoisotopic (exact) mass is 281 g/mol. The molecule has 0 aliphatic heterocycles. The molecular formula is C18H19NO2. The predicted molar refractivity (Wildman–Crippen MR) is 84.4 cm³/mol. The van der Waals surface area contributed by atoms with E-state index in [-0.39, 0.29) is 0 Å². The van der Waals surface area contributed by atoms with E-state index in [2.05, 4.69) is 19.9 Å². The number of aryl methyl sites for hydroxylation is 2. The summed E-state index contributed by atoms with van der Waals surface area (Å²) in [6.45, 7) is 4.98. The zero-order chi connectivity index (χ0) is 14.8. The Bertz CT molecular complexity index is 754. The van der Waals surface area contributed by atoms with Gasteiger partial charge in [-0.3, -0.25) is 0 Å². The summed E-state index contributed by atoms with van der Waals surface area (Å²) in [5.74, 6) is 1.67. The van der Waals surface area contributed by atoms with Crippen molar-refractivity contribution in [3.05, 3.63) is 64.9 Å². The molecule has 0 aliphatic rings. The lowest BCUT2D eigenvalue weighted by molar-refractivity contribution is 0.303. The molecule has 0 saturated carbocycles. The van der Waals surface area contributed by atoms with Crippen molar-refractivity contribution in [2.75, 3.05) is 0 Å². The van der Waals surface area contributed by atoms with Gasteiger partial charge >= 0.3 is 0 Å². The number of nitrogens with two attached hydrogens (primary N) is 1. The second-order valence-corrected chi connectivity index (χ2v) is 5.32. The number of para-hydroxylation sites is 1. The molecule has 1 heterocycles. The highest BCUT2D eigenvalue weighted by Gasteiger charge is 2.13. The van der Waals surface area contributed by atoms with Crippen LogP contribution >= 0.6 is 0 Å². The standard InChI is InChI=1S/C18H19NO2/c1-12-7-13(2)9-14(8-12)20-11-16-15-5-3-4-6-17(15)21-18(16)10-19/h3-9H,10-11,19H2,1-2H3. The van der Waals surface area contributed by atoms with Crippen LogP contribution in [0.25, 0.3) is 11.0 Å². The third-order valence-corrected chi connectivity index (χ3v) is 3.55. The van der Waals surface area contributed by atoms with Gasteiger partial charge in [-0.1, -0.05) is 24.3 Å². The first kappa shape index (κ1) is 13.7. The summed E-state index contributed by atoms with van der Waals surface area (Å²) in [7, 11) is 0. The number of hydrogen-bond acceptors (Lipinski definition) is 3. The van der Waals surface area contributed by atoms with Gasteiger partial charge in [0.25, 0.3) is 0 Å². The van der Waals surface area contributed by atoms with E-state index in [1.54, 1.807) is 0 Å². The fourth-order valence-electron chi connectivity index (χ4n) is 2.64. The van der Waals surface area contributed by atoms with Crippen LogP contribution in [0.1, 0.15) is 22.5 Å². The van der Waals surface area contributed by atoms with Crippen molar-refractivity contribution in [1.29, 1.82) is 0 Å². The van der Waals surface area contributed by atoms with E-state index in [1.807, 2.05) is 36.4 Å². The molecule has 1 aromatic heterocycles. The Morgan fingerprint density at radius 2 is 1.76 bits per heavy atom. The Morgan fingerprint density at radius 1 is 1.05 bits per heavy atom. The van der Waals surface area contributed by atoms with Crippen LogP contribution in [0.5, 0.6) is 5.75 Å². The first-order valence-electron chi connectivity index (χ1n) is 7.08. The average Bonchev–Trinajstić information content (AvgIpc) is 2.82. The molecule has 3 aromatic rings. The second kappa shape index (κ2) is 5.62. The van der Waals surface area contributed by atoms with Gasteiger partial charge in [-0.2, -0.15) is 0 Å². The molecule has 0 aliphatic carbocycles. The van der Waals surface area contributed by atoms with Crippen LogP contribution in [0.3, 0.4) is 0 Å². The molecule has 21 heavy (non-hydrogen) atoms. The summed E-state index contributed by atoms with van der Waals surface area (Å²) in [4.78, 5) is 0. The largest absolute Gasteiger partial charge is 0.489 e. The van der Waals surface area contributed by atoms with E-state index >= 15 is 0 Å². The number of rotatable bonds is 4. The van der Waals surface area contributed by atoms with E-state index in [0.29, 0.717) is 13.2 Å². The van der Waals surface area contributed by atoms with Crippen molar-refractivity contribution < 1.29 is 9.15 Å². The van der Waals surface area contributed by atoms with E-state index in [9.17, 15) is 0 Å². The lowest BCUT2D eigenvalue weighted by Gasteiger charge is -2.08. The Hall–Kier alpha value is -2.26. The lowest BCUT2D eigenvalue weighted by atomic mass is 10.1. The molecule has 0 atom stereocenters. The maximum atomic E-state index is 5.95. The van der Waals surface area contributed by atoms with E-state index in [0.717, 1.165) is 28.0 Å². The molecule has 0 spiro atoms. The minimum atomic E-state index is 0.375. The van der Waals surface area contributed by atoms with Gasteiger partial charge in [0.2, 0.25) is 0 Å². The first-order chi connectivity index (χ1) is 10.2. The summed E-state index contributed by atoms with van der Waals surface area (Å²) < 4.78 is 11.7. The molecule has 2 aromatic carbocycles. The zero-order valence-electron chi connectivity index (χ0n) is 12.3. The summed E-state index contributed by atoms with van der Waals surface area (Å²) in [5, 5.41) is 1.07. The first-order valence-corrected chi connectivity index (χ1v) is 7.08. The maximum absolute atomic E-state index is 5.95. The summed E-state index contributed by atoms with van der Waals surface area (Å²) in [6.07, 6.45) is 0. The van der Waals surface area contributed by atoms with Crippen LogP contribution < -0.4 is 10.5 Å². The van der Waals surface area contributed by atoms with Gasteiger partial charge < -0.3 is 14.9 Å². The molecule has 2 N–H and O–H groups in total. The Morgan fingerprint density at radius 3 is 2.48 bits per heavy atom. The van der Waals surface area contributed by atoms with Gasteiger partial charge in [0.1, 0.15) is 23.7 Å². The van der Waals surface area contributed by atoms with Crippen LogP contribution in [-0.2, 0) is 13.2 Å². The third-order valence-electron chi connectivity index (χ3n) is 3.55. The third kappa shape index (κ3) is 2.78. The number of ether oxygens (including phenoxy) is 1. The minimum absolute atomic E-state index is 0.375. The molecule has 0 fully saturated rings. The van der Waals surface area contributed by atoms with Gasteiger partial charge in [0, 0.05) is 10.9 Å². The van der Waals surface area contributed by atoms with Crippen molar-refractivity contribution in [3.63, 3.8) is 0 Å². The quantitative estimate of drug-likeness (QED) is 0.783. The molecule has 3 nitrogen and oxygen atoms in total. The topological polar surface area (TPSA) is 48.4 Å². The van der Waals surface area contributed by atoms with Gasteiger partial charge in [-0.05, 0) is 43.2 Å². The van der Waals surface area contributed by atoms with Crippen LogP contribution in [0, 0.1) is 13.8 Å². The smallest absolute Gasteiger partial charge is 0.134 e. The zero-order valence-corrected chi connectivity index (χ0v) is 12.3. The van der Waals surface area contributed by atoms with Crippen molar-refractivity contribution >= 4 is 11.0 Å². The van der Waals surface area contributed by atoms with Gasteiger partial charge in [-0.25, -0.2) is 0 Å². The highest BCUT2D eigenvalue weighted by atomic mass is 16.5. The van der Waals surface area contributed by atoms with Crippen LogP contribution in [0.15, 0.2) is 46.9 Å². The fraction of sp³-hybridized carbons (Fsp3) is 0.222. The molecule has 0 saturated heterocycles. The van der Waals surface area contributed by atoms with Crippen LogP contribution in [0.2, 0.25) is 0 Å². The van der Waals surface area contributed by atoms with Crippen molar-refractivity contribution in [1.82, 2.24) is 0 Å². The number of benzene rings is 2. The molecule has 0 unspecified atom stereocenters. The van der Waals surface area contributed by atoms with Gasteiger partial charge in [0.15, 0.2) is 0 Å². The molecule has 0 amide bonds. The molecule has 108 valence electrons. The number of hydrogen-bond donors (Lipinski definition) is 1. The summed E-state index contributed by atoms with van der Waals surface area (Å²) in [5.41, 5.74) is 10.1. The normalized spacial score (nSPS) is 11.0. The fourth-order valence-corrected chi connectivity index (χ4v) is 2.64. The predicted octanol–water partition coefficient (Wildman–Crippen LogP) is 4.09. The van der Waals surface area contributed by atoms with Crippen LogP contribution in [0.4, 0.5) is 0 Å². The van der Waals surface area contributed by atoms with E-state index < -0.39 is 0 Å². The van der Waals surface area contributed by atoms with Crippen molar-refractivity contribution in [2.24, 2.45) is 5.73 Å². The number of fused-ring (bicyclic) bond motifs is 1. The Labute approximate surface area is 124 Å². The average molecular weight is 281 g/mol. The van der Waals surface area contributed by atoms with Crippen molar-refractivity contribution in [3.8, 4) is 5.75 Å². The van der Waals surface area contributed by atoms with Crippen LogP contribution in [-0.4, -0.2) is 0 Å². The van der Waals surface area contributed by atoms with Gasteiger partial charge in [-0.15, -0.1) is 0 Å². The summed E-state index contributed by atoms with van der Waals surface area (Å²) in [6, 6.07) is 14.2.